The van der Waals surface area contributed by atoms with Crippen LogP contribution >= 0.6 is 0 Å². The molecule has 2 aliphatic rings. The number of aromatic nitrogens is 3. The normalized spacial score (nSPS) is 19.8. The van der Waals surface area contributed by atoms with Gasteiger partial charge in [0.05, 0.1) is 42.8 Å². The minimum Gasteiger partial charge on any atom is -0.481 e. The number of hydrogen-bond acceptors (Lipinski definition) is 5. The third kappa shape index (κ3) is 3.49. The molecular weight excluding hydrogens is 422 g/mol. The van der Waals surface area contributed by atoms with E-state index < -0.39 is 18.2 Å². The number of carboxylic acid groups (broad SMARTS) is 1. The summed E-state index contributed by atoms with van der Waals surface area (Å²) in [6.45, 7) is 3.33. The first-order chi connectivity index (χ1) is 15.9. The number of benzene rings is 1. The fourth-order valence-corrected chi connectivity index (χ4v) is 4.73. The number of pyridine rings is 1. The van der Waals surface area contributed by atoms with Gasteiger partial charge in [0, 0.05) is 30.4 Å². The second-order valence-electron chi connectivity index (χ2n) is 8.47. The minimum atomic E-state index is -1.12. The van der Waals surface area contributed by atoms with E-state index in [2.05, 4.69) is 10.1 Å². The van der Waals surface area contributed by atoms with Crippen LogP contribution in [0.4, 0.5) is 16.2 Å². The van der Waals surface area contributed by atoms with Gasteiger partial charge in [0.2, 0.25) is 11.8 Å². The maximum atomic E-state index is 12.7. The molecule has 2 amide bonds. The predicted octanol–water partition coefficient (Wildman–Crippen LogP) is 4.27. The molecule has 0 radical (unpaired) electrons. The van der Waals surface area contributed by atoms with Crippen LogP contribution in [0.25, 0.3) is 11.1 Å². The quantitative estimate of drug-likeness (QED) is 0.641. The van der Waals surface area contributed by atoms with Gasteiger partial charge in [-0.15, -0.1) is 0 Å². The van der Waals surface area contributed by atoms with E-state index >= 15 is 0 Å². The lowest BCUT2D eigenvalue weighted by Crippen LogP contribution is -2.53. The van der Waals surface area contributed by atoms with E-state index in [4.69, 9.17) is 4.74 Å². The average Bonchev–Trinajstić information content (AvgIpc) is 3.54. The molecule has 170 valence electrons. The van der Waals surface area contributed by atoms with Crippen LogP contribution in [0.1, 0.15) is 44.3 Å². The largest absolute Gasteiger partial charge is 0.481 e. The Bertz CT molecular complexity index is 1240. The molecule has 2 aromatic heterocycles. The second kappa shape index (κ2) is 7.91. The summed E-state index contributed by atoms with van der Waals surface area (Å²) < 4.78 is 7.39. The lowest BCUT2D eigenvalue weighted by molar-refractivity contribution is -0.117. The fraction of sp³-hybridized carbons (Fsp3) is 0.333. The van der Waals surface area contributed by atoms with Crippen molar-refractivity contribution in [3.8, 4) is 17.0 Å². The Morgan fingerprint density at radius 2 is 1.91 bits per heavy atom. The molecule has 0 saturated heterocycles. The first kappa shape index (κ1) is 21.0. The second-order valence-corrected chi connectivity index (χ2v) is 8.47. The zero-order valence-electron chi connectivity index (χ0n) is 18.7. The number of amides is 2. The van der Waals surface area contributed by atoms with Crippen LogP contribution in [-0.2, 0) is 4.79 Å². The smallest absolute Gasteiger partial charge is 0.412 e. The number of rotatable bonds is 4. The summed E-state index contributed by atoms with van der Waals surface area (Å²) in [5, 5.41) is 14.8. The molecule has 1 aromatic carbocycles. The van der Waals surface area contributed by atoms with Crippen LogP contribution in [-0.4, -0.2) is 45.0 Å². The summed E-state index contributed by atoms with van der Waals surface area (Å²) in [7, 11) is 1.50. The highest BCUT2D eigenvalue weighted by Gasteiger charge is 2.44. The summed E-state index contributed by atoms with van der Waals surface area (Å²) in [4.78, 5) is 32.6. The van der Waals surface area contributed by atoms with Gasteiger partial charge in [-0.2, -0.15) is 5.10 Å². The third-order valence-electron chi connectivity index (χ3n) is 6.35. The molecule has 0 bridgehead atoms. The van der Waals surface area contributed by atoms with Gasteiger partial charge in [-0.3, -0.25) is 14.4 Å². The highest BCUT2D eigenvalue weighted by atomic mass is 16.5. The summed E-state index contributed by atoms with van der Waals surface area (Å²) in [5.41, 5.74) is 3.32. The van der Waals surface area contributed by atoms with Gasteiger partial charge in [0.25, 0.3) is 0 Å². The first-order valence-corrected chi connectivity index (χ1v) is 10.9. The van der Waals surface area contributed by atoms with Crippen LogP contribution in [0.3, 0.4) is 0 Å². The van der Waals surface area contributed by atoms with Crippen molar-refractivity contribution < 1.29 is 19.4 Å². The highest BCUT2D eigenvalue weighted by Crippen LogP contribution is 2.47. The molecule has 1 saturated carbocycles. The fourth-order valence-electron chi connectivity index (χ4n) is 4.73. The molecule has 2 atom stereocenters. The van der Waals surface area contributed by atoms with E-state index in [1.807, 2.05) is 36.0 Å². The Morgan fingerprint density at radius 1 is 1.12 bits per heavy atom. The zero-order valence-corrected chi connectivity index (χ0v) is 18.7. The Kier molecular flexibility index (Phi) is 5.03. The maximum Gasteiger partial charge on any atom is 0.412 e. The van der Waals surface area contributed by atoms with Gasteiger partial charge in [-0.25, -0.2) is 9.78 Å². The van der Waals surface area contributed by atoms with Crippen molar-refractivity contribution in [2.45, 2.75) is 44.8 Å². The van der Waals surface area contributed by atoms with Gasteiger partial charge < -0.3 is 14.7 Å². The standard InChI is InChI=1S/C24H25N5O4/c1-14-22(19-5-4-10-25-23(19)33-3)29(24(31)32)21-11-16(6-9-20(21)28(14)15(2)30)17-12-26-27(13-17)18-7-8-18/h4-6,9-14,18,22H,7-8H2,1-3H3,(H,31,32)/t14-,22?/m0/s1. The van der Waals surface area contributed by atoms with Crippen LogP contribution in [0.2, 0.25) is 0 Å². The molecule has 0 spiro atoms. The maximum absolute atomic E-state index is 12.7. The Balaban J connectivity index is 1.68. The molecule has 1 N–H and O–H groups in total. The SMILES string of the molecule is COc1ncccc1C1[C@H](C)N(C(C)=O)c2ccc(-c3cnn(C4CC4)c3)cc2N1C(=O)O. The number of hydrogen-bond donors (Lipinski definition) is 1. The third-order valence-corrected chi connectivity index (χ3v) is 6.35. The molecule has 3 heterocycles. The van der Waals surface area contributed by atoms with Gasteiger partial charge in [0.1, 0.15) is 0 Å². The van der Waals surface area contributed by atoms with Crippen LogP contribution in [0.5, 0.6) is 5.88 Å². The number of methoxy groups -OCH3 is 1. The Labute approximate surface area is 191 Å². The topological polar surface area (TPSA) is 101 Å². The Hall–Kier alpha value is -3.88. The monoisotopic (exact) mass is 447 g/mol. The van der Waals surface area contributed by atoms with Crippen LogP contribution < -0.4 is 14.5 Å². The number of ether oxygens (including phenoxy) is 1. The molecule has 9 heteroatoms. The van der Waals surface area contributed by atoms with Crippen molar-refractivity contribution in [3.63, 3.8) is 0 Å². The number of carbonyl (C=O) groups is 2. The van der Waals surface area contributed by atoms with E-state index in [1.54, 1.807) is 29.4 Å². The zero-order chi connectivity index (χ0) is 23.3. The molecule has 1 fully saturated rings. The molecule has 1 unspecified atom stereocenters. The lowest BCUT2D eigenvalue weighted by Gasteiger charge is -2.46. The van der Waals surface area contributed by atoms with Crippen molar-refractivity contribution in [3.05, 3.63) is 54.5 Å². The minimum absolute atomic E-state index is 0.170. The van der Waals surface area contributed by atoms with E-state index in [0.29, 0.717) is 28.9 Å². The van der Waals surface area contributed by atoms with E-state index in [1.165, 1.54) is 18.9 Å². The summed E-state index contributed by atoms with van der Waals surface area (Å²) in [6.07, 6.45) is 6.50. The van der Waals surface area contributed by atoms with Gasteiger partial charge >= 0.3 is 6.09 Å². The van der Waals surface area contributed by atoms with Crippen molar-refractivity contribution >= 4 is 23.4 Å². The van der Waals surface area contributed by atoms with Crippen molar-refractivity contribution in [2.24, 2.45) is 0 Å². The van der Waals surface area contributed by atoms with Crippen LogP contribution in [0, 0.1) is 0 Å². The van der Waals surface area contributed by atoms with E-state index in [-0.39, 0.29) is 5.91 Å². The van der Waals surface area contributed by atoms with Crippen LogP contribution in [0.15, 0.2) is 48.9 Å². The predicted molar refractivity (Wildman–Crippen MR) is 123 cm³/mol. The lowest BCUT2D eigenvalue weighted by atomic mass is 9.92. The summed E-state index contributed by atoms with van der Waals surface area (Å²) in [5.74, 6) is 0.158. The average molecular weight is 447 g/mol. The first-order valence-electron chi connectivity index (χ1n) is 10.9. The number of fused-ring (bicyclic) bond motifs is 1. The Morgan fingerprint density at radius 3 is 2.58 bits per heavy atom. The summed E-state index contributed by atoms with van der Waals surface area (Å²) in [6, 6.07) is 8.32. The van der Waals surface area contributed by atoms with Gasteiger partial charge in [-0.1, -0.05) is 6.07 Å². The van der Waals surface area contributed by atoms with Crippen molar-refractivity contribution in [2.75, 3.05) is 16.9 Å². The molecule has 1 aliphatic carbocycles. The van der Waals surface area contributed by atoms with Gasteiger partial charge in [0.15, 0.2) is 0 Å². The molecule has 33 heavy (non-hydrogen) atoms. The molecule has 3 aromatic rings. The van der Waals surface area contributed by atoms with Gasteiger partial charge in [-0.05, 0) is 49.6 Å². The number of carbonyl (C=O) groups excluding carboxylic acids is 1. The molecule has 1 aliphatic heterocycles. The van der Waals surface area contributed by atoms with Crippen molar-refractivity contribution in [1.29, 1.82) is 0 Å². The highest BCUT2D eigenvalue weighted by molar-refractivity contribution is 6.03. The molecule has 9 nitrogen and oxygen atoms in total. The number of nitrogens with zero attached hydrogens (tertiary/aromatic N) is 5. The van der Waals surface area contributed by atoms with E-state index in [0.717, 1.165) is 24.0 Å². The van der Waals surface area contributed by atoms with Crippen molar-refractivity contribution in [1.82, 2.24) is 14.8 Å². The summed E-state index contributed by atoms with van der Waals surface area (Å²) >= 11 is 0. The number of anilines is 2. The molecule has 5 rings (SSSR count). The molecular formula is C24H25N5O4. The van der Waals surface area contributed by atoms with E-state index in [9.17, 15) is 14.7 Å².